The molecule has 1 N–H and O–H groups in total. The lowest BCUT2D eigenvalue weighted by Gasteiger charge is -2.21. The van der Waals surface area contributed by atoms with E-state index >= 15 is 0 Å². The highest BCUT2D eigenvalue weighted by molar-refractivity contribution is 7.91. The zero-order chi connectivity index (χ0) is 14.6. The number of rotatable bonds is 7. The number of sulfone groups is 1. The van der Waals surface area contributed by atoms with E-state index in [0.717, 1.165) is 37.5 Å². The molecule has 20 heavy (non-hydrogen) atoms. The second-order valence-electron chi connectivity index (χ2n) is 5.52. The van der Waals surface area contributed by atoms with Crippen LogP contribution in [0.5, 0.6) is 0 Å². The van der Waals surface area contributed by atoms with Crippen LogP contribution in [-0.2, 0) is 22.9 Å². The third-order valence-electron chi connectivity index (χ3n) is 3.68. The highest BCUT2D eigenvalue weighted by atomic mass is 32.2. The maximum Gasteiger partial charge on any atom is 0.151 e. The molecule has 5 nitrogen and oxygen atoms in total. The lowest BCUT2D eigenvalue weighted by Crippen LogP contribution is -2.31. The molecular weight excluding hydrogens is 276 g/mol. The molecular formula is C14H24N2O3S. The summed E-state index contributed by atoms with van der Waals surface area (Å²) in [7, 11) is -0.863. The van der Waals surface area contributed by atoms with E-state index in [1.54, 1.807) is 0 Å². The van der Waals surface area contributed by atoms with Crippen molar-refractivity contribution in [3.05, 3.63) is 23.7 Å². The Balaban J connectivity index is 1.84. The molecule has 0 spiro atoms. The smallest absolute Gasteiger partial charge is 0.151 e. The summed E-state index contributed by atoms with van der Waals surface area (Å²) in [6.45, 7) is 4.52. The normalized spacial score (nSPS) is 21.6. The first-order valence-electron chi connectivity index (χ1n) is 7.19. The van der Waals surface area contributed by atoms with Crippen molar-refractivity contribution in [2.24, 2.45) is 0 Å². The summed E-state index contributed by atoms with van der Waals surface area (Å²) in [5.74, 6) is 2.41. The number of hydrogen-bond donors (Lipinski definition) is 1. The average Bonchev–Trinajstić information content (AvgIpc) is 2.96. The third-order valence-corrected chi connectivity index (χ3v) is 5.43. The zero-order valence-corrected chi connectivity index (χ0v) is 13.1. The van der Waals surface area contributed by atoms with Gasteiger partial charge in [-0.2, -0.15) is 0 Å². The molecule has 114 valence electrons. The van der Waals surface area contributed by atoms with Crippen molar-refractivity contribution < 1.29 is 12.8 Å². The van der Waals surface area contributed by atoms with Crippen molar-refractivity contribution in [3.8, 4) is 0 Å². The van der Waals surface area contributed by atoms with Crippen molar-refractivity contribution in [2.75, 3.05) is 25.1 Å². The molecule has 1 unspecified atom stereocenters. The van der Waals surface area contributed by atoms with Crippen LogP contribution in [0.15, 0.2) is 16.5 Å². The lowest BCUT2D eigenvalue weighted by atomic mass is 10.2. The molecule has 0 saturated carbocycles. The van der Waals surface area contributed by atoms with Gasteiger partial charge in [-0.05, 0) is 38.6 Å². The van der Waals surface area contributed by atoms with Gasteiger partial charge in [0, 0.05) is 6.04 Å². The summed E-state index contributed by atoms with van der Waals surface area (Å²) >= 11 is 0. The van der Waals surface area contributed by atoms with Crippen molar-refractivity contribution in [1.82, 2.24) is 10.2 Å². The quantitative estimate of drug-likeness (QED) is 0.771. The largest absolute Gasteiger partial charge is 0.463 e. The summed E-state index contributed by atoms with van der Waals surface area (Å²) in [6, 6.07) is 4.08. The molecule has 1 aromatic heterocycles. The van der Waals surface area contributed by atoms with Crippen molar-refractivity contribution >= 4 is 9.84 Å². The van der Waals surface area contributed by atoms with Crippen LogP contribution in [0.25, 0.3) is 0 Å². The molecule has 2 rings (SSSR count). The summed E-state index contributed by atoms with van der Waals surface area (Å²) < 4.78 is 28.7. The van der Waals surface area contributed by atoms with E-state index < -0.39 is 9.84 Å². The Kier molecular flexibility index (Phi) is 5.23. The van der Waals surface area contributed by atoms with Gasteiger partial charge < -0.3 is 9.73 Å². The van der Waals surface area contributed by atoms with Gasteiger partial charge in [0.1, 0.15) is 11.5 Å². The number of furan rings is 1. The Bertz CT molecular complexity index is 524. The van der Waals surface area contributed by atoms with E-state index in [2.05, 4.69) is 17.1 Å². The van der Waals surface area contributed by atoms with Gasteiger partial charge in [-0.15, -0.1) is 0 Å². The van der Waals surface area contributed by atoms with E-state index in [0.29, 0.717) is 12.3 Å². The minimum Gasteiger partial charge on any atom is -0.463 e. The number of nitrogens with one attached hydrogen (secondary N) is 1. The predicted molar refractivity (Wildman–Crippen MR) is 79.2 cm³/mol. The number of nitrogens with zero attached hydrogens (tertiary/aromatic N) is 1. The molecule has 1 atom stereocenters. The highest BCUT2D eigenvalue weighted by Gasteiger charge is 2.30. The third kappa shape index (κ3) is 4.33. The van der Waals surface area contributed by atoms with Crippen molar-refractivity contribution in [1.29, 1.82) is 0 Å². The minimum absolute atomic E-state index is 0.117. The first-order valence-corrected chi connectivity index (χ1v) is 9.01. The van der Waals surface area contributed by atoms with E-state index in [-0.39, 0.29) is 11.8 Å². The van der Waals surface area contributed by atoms with Crippen molar-refractivity contribution in [2.45, 2.75) is 38.9 Å². The van der Waals surface area contributed by atoms with Crippen LogP contribution in [-0.4, -0.2) is 44.5 Å². The van der Waals surface area contributed by atoms with Gasteiger partial charge in [-0.1, -0.05) is 6.92 Å². The zero-order valence-electron chi connectivity index (χ0n) is 12.3. The van der Waals surface area contributed by atoms with E-state index in [1.807, 2.05) is 19.2 Å². The van der Waals surface area contributed by atoms with E-state index in [4.69, 9.17) is 4.42 Å². The maximum atomic E-state index is 11.5. The Morgan fingerprint density at radius 2 is 2.15 bits per heavy atom. The van der Waals surface area contributed by atoms with Crippen LogP contribution in [0.1, 0.15) is 31.3 Å². The highest BCUT2D eigenvalue weighted by Crippen LogP contribution is 2.19. The van der Waals surface area contributed by atoms with Crippen LogP contribution in [0.2, 0.25) is 0 Å². The molecule has 1 saturated heterocycles. The molecule has 0 amide bonds. The molecule has 1 aliphatic rings. The van der Waals surface area contributed by atoms with Crippen LogP contribution in [0.3, 0.4) is 0 Å². The lowest BCUT2D eigenvalue weighted by molar-refractivity contribution is 0.231. The molecule has 0 radical (unpaired) electrons. The first kappa shape index (κ1) is 15.5. The molecule has 2 heterocycles. The van der Waals surface area contributed by atoms with E-state index in [1.165, 1.54) is 0 Å². The maximum absolute atomic E-state index is 11.5. The van der Waals surface area contributed by atoms with E-state index in [9.17, 15) is 8.42 Å². The second-order valence-corrected chi connectivity index (χ2v) is 7.75. The Morgan fingerprint density at radius 1 is 1.40 bits per heavy atom. The molecule has 0 aliphatic carbocycles. The van der Waals surface area contributed by atoms with Crippen LogP contribution in [0, 0.1) is 0 Å². The fourth-order valence-electron chi connectivity index (χ4n) is 2.49. The predicted octanol–water partition coefficient (Wildman–Crippen LogP) is 1.40. The summed E-state index contributed by atoms with van der Waals surface area (Å²) in [5.41, 5.74) is 0. The van der Waals surface area contributed by atoms with Gasteiger partial charge in [0.2, 0.25) is 0 Å². The van der Waals surface area contributed by atoms with Gasteiger partial charge in [0.25, 0.3) is 0 Å². The van der Waals surface area contributed by atoms with Gasteiger partial charge in [0.15, 0.2) is 9.84 Å². The molecule has 0 bridgehead atoms. The molecule has 0 aromatic carbocycles. The van der Waals surface area contributed by atoms with Crippen LogP contribution < -0.4 is 5.32 Å². The van der Waals surface area contributed by atoms with Gasteiger partial charge in [-0.25, -0.2) is 8.42 Å². The average molecular weight is 300 g/mol. The molecule has 1 aromatic rings. The second kappa shape index (κ2) is 6.74. The van der Waals surface area contributed by atoms with Crippen LogP contribution >= 0.6 is 0 Å². The fraction of sp³-hybridized carbons (Fsp3) is 0.714. The van der Waals surface area contributed by atoms with Gasteiger partial charge in [0.05, 0.1) is 24.6 Å². The number of hydrogen-bond acceptors (Lipinski definition) is 5. The summed E-state index contributed by atoms with van der Waals surface area (Å²) in [6.07, 6.45) is 1.83. The van der Waals surface area contributed by atoms with Crippen molar-refractivity contribution in [3.63, 3.8) is 0 Å². The molecule has 1 aliphatic heterocycles. The minimum atomic E-state index is -2.82. The SMILES string of the molecule is CCCNCc1ccc(CN(C)C2CCS(=O)(=O)C2)o1. The van der Waals surface area contributed by atoms with Gasteiger partial charge in [-0.3, -0.25) is 4.90 Å². The Hall–Kier alpha value is -0.850. The fourth-order valence-corrected chi connectivity index (χ4v) is 4.29. The van der Waals surface area contributed by atoms with Gasteiger partial charge >= 0.3 is 0 Å². The summed E-state index contributed by atoms with van der Waals surface area (Å²) in [5, 5.41) is 3.30. The topological polar surface area (TPSA) is 62.6 Å². The summed E-state index contributed by atoms with van der Waals surface area (Å²) in [4.78, 5) is 2.08. The first-order chi connectivity index (χ1) is 9.50. The Labute approximate surface area is 121 Å². The monoisotopic (exact) mass is 300 g/mol. The standard InChI is InChI=1S/C14H24N2O3S/c1-3-7-15-9-13-4-5-14(19-13)10-16(2)12-6-8-20(17,18)11-12/h4-5,12,15H,3,6-11H2,1-2H3. The molecule has 1 fully saturated rings. The molecule has 6 heteroatoms. The van der Waals surface area contributed by atoms with Crippen LogP contribution in [0.4, 0.5) is 0 Å². The Morgan fingerprint density at radius 3 is 2.80 bits per heavy atom.